The van der Waals surface area contributed by atoms with Gasteiger partial charge in [-0.1, -0.05) is 22.0 Å². The fourth-order valence-electron chi connectivity index (χ4n) is 3.88. The minimum Gasteiger partial charge on any atom is -0.503 e. The van der Waals surface area contributed by atoms with Crippen LogP contribution >= 0.6 is 15.9 Å². The Bertz CT molecular complexity index is 1480. The number of aromatic nitrogens is 1. The number of benzene rings is 2. The molecule has 5 rings (SSSR count). The maximum absolute atomic E-state index is 13.5. The minimum atomic E-state index is -0.973. The summed E-state index contributed by atoms with van der Waals surface area (Å²) in [4.78, 5) is 32.3. The number of aliphatic hydroxyl groups excluding tert-OH is 1. The van der Waals surface area contributed by atoms with Crippen molar-refractivity contribution in [2.24, 2.45) is 0 Å². The number of ketones is 1. The van der Waals surface area contributed by atoms with Crippen LogP contribution in [0.5, 0.6) is 0 Å². The zero-order valence-electron chi connectivity index (χ0n) is 16.9. The number of hydrogen-bond donors (Lipinski definition) is 1. The third kappa shape index (κ3) is 3.49. The molecule has 160 valence electrons. The van der Waals surface area contributed by atoms with Gasteiger partial charge in [-0.3, -0.25) is 19.5 Å². The van der Waals surface area contributed by atoms with Gasteiger partial charge in [0.25, 0.3) is 5.91 Å². The van der Waals surface area contributed by atoms with Gasteiger partial charge in [-0.25, -0.2) is 0 Å². The van der Waals surface area contributed by atoms with Crippen LogP contribution in [0.25, 0.3) is 11.0 Å². The molecule has 1 N–H and O–H groups in total. The van der Waals surface area contributed by atoms with Crippen LogP contribution in [0.4, 0.5) is 5.69 Å². The Morgan fingerprint density at radius 1 is 1.12 bits per heavy atom. The van der Waals surface area contributed by atoms with Crippen LogP contribution in [0.1, 0.15) is 27.9 Å². The second-order valence-corrected chi connectivity index (χ2v) is 8.29. The van der Waals surface area contributed by atoms with Crippen LogP contribution in [-0.2, 0) is 4.79 Å². The summed E-state index contributed by atoms with van der Waals surface area (Å²) in [7, 11) is 0. The number of anilines is 1. The zero-order chi connectivity index (χ0) is 23.1. The Balaban J connectivity index is 1.64. The van der Waals surface area contributed by atoms with Crippen LogP contribution < -0.4 is 4.90 Å². The van der Waals surface area contributed by atoms with Crippen molar-refractivity contribution in [3.05, 3.63) is 106 Å². The minimum absolute atomic E-state index is 0.0000551. The molecular weight excluding hydrogens is 486 g/mol. The number of nitriles is 1. The molecule has 0 bridgehead atoms. The third-order valence-corrected chi connectivity index (χ3v) is 5.89. The summed E-state index contributed by atoms with van der Waals surface area (Å²) < 4.78 is 6.56. The van der Waals surface area contributed by atoms with E-state index in [1.54, 1.807) is 66.9 Å². The number of carbonyl (C=O) groups is 2. The van der Waals surface area contributed by atoms with Crippen LogP contribution in [0.15, 0.2) is 93.1 Å². The van der Waals surface area contributed by atoms with E-state index in [0.717, 1.165) is 4.47 Å². The molecule has 3 heterocycles. The van der Waals surface area contributed by atoms with E-state index in [4.69, 9.17) is 9.68 Å². The Morgan fingerprint density at radius 3 is 2.61 bits per heavy atom. The Hall–Kier alpha value is -4.22. The highest BCUT2D eigenvalue weighted by Gasteiger charge is 2.46. The first kappa shape index (κ1) is 20.7. The highest BCUT2D eigenvalue weighted by molar-refractivity contribution is 9.10. The first-order chi connectivity index (χ1) is 16.0. The molecule has 0 fully saturated rings. The summed E-state index contributed by atoms with van der Waals surface area (Å²) in [6.07, 6.45) is 1.55. The Labute approximate surface area is 196 Å². The van der Waals surface area contributed by atoms with E-state index in [0.29, 0.717) is 27.9 Å². The molecule has 2 aromatic carbocycles. The van der Waals surface area contributed by atoms with Crippen LogP contribution in [-0.4, -0.2) is 21.8 Å². The van der Waals surface area contributed by atoms with Gasteiger partial charge in [-0.05, 0) is 60.7 Å². The average Bonchev–Trinajstić information content (AvgIpc) is 3.38. The summed E-state index contributed by atoms with van der Waals surface area (Å²) in [5.41, 5.74) is 1.62. The van der Waals surface area contributed by atoms with Gasteiger partial charge in [-0.2, -0.15) is 5.26 Å². The number of halogens is 1. The molecule has 7 nitrogen and oxygen atoms in total. The van der Waals surface area contributed by atoms with Crippen molar-refractivity contribution < 1.29 is 19.1 Å². The van der Waals surface area contributed by atoms with E-state index >= 15 is 0 Å². The lowest BCUT2D eigenvalue weighted by Gasteiger charge is -2.25. The van der Waals surface area contributed by atoms with Gasteiger partial charge >= 0.3 is 0 Å². The second-order valence-electron chi connectivity index (χ2n) is 7.38. The lowest BCUT2D eigenvalue weighted by atomic mass is 9.98. The molecular formula is C25H14BrN3O4. The summed E-state index contributed by atoms with van der Waals surface area (Å²) >= 11 is 3.39. The molecule has 8 heteroatoms. The number of amides is 1. The highest BCUT2D eigenvalue weighted by atomic mass is 79.9. The van der Waals surface area contributed by atoms with Crippen LogP contribution in [0.2, 0.25) is 0 Å². The van der Waals surface area contributed by atoms with E-state index in [9.17, 15) is 14.7 Å². The number of hydrogen-bond acceptors (Lipinski definition) is 6. The van der Waals surface area contributed by atoms with Gasteiger partial charge in [0.2, 0.25) is 5.78 Å². The lowest BCUT2D eigenvalue weighted by molar-refractivity contribution is -0.117. The number of nitrogens with zero attached hydrogens (tertiary/aromatic N) is 3. The van der Waals surface area contributed by atoms with Crippen molar-refractivity contribution in [1.29, 1.82) is 5.26 Å². The molecule has 1 amide bonds. The van der Waals surface area contributed by atoms with Crippen molar-refractivity contribution in [3.8, 4) is 6.07 Å². The molecule has 0 saturated heterocycles. The monoisotopic (exact) mass is 499 g/mol. The smallest absolute Gasteiger partial charge is 0.294 e. The number of carbonyl (C=O) groups excluding carboxylic acids is 2. The predicted molar refractivity (Wildman–Crippen MR) is 124 cm³/mol. The molecule has 1 atom stereocenters. The van der Waals surface area contributed by atoms with Crippen LogP contribution in [0, 0.1) is 11.3 Å². The summed E-state index contributed by atoms with van der Waals surface area (Å²) in [6.45, 7) is 0. The molecule has 0 saturated carbocycles. The summed E-state index contributed by atoms with van der Waals surface area (Å²) in [6, 6.07) is 19.4. The molecule has 1 aliphatic rings. The fourth-order valence-corrected chi connectivity index (χ4v) is 4.26. The molecule has 0 spiro atoms. The van der Waals surface area contributed by atoms with Gasteiger partial charge in [0.05, 0.1) is 22.9 Å². The number of rotatable bonds is 4. The predicted octanol–water partition coefficient (Wildman–Crippen LogP) is 5.24. The topological polar surface area (TPSA) is 107 Å². The molecule has 4 aromatic rings. The molecule has 1 aliphatic heterocycles. The summed E-state index contributed by atoms with van der Waals surface area (Å²) in [5.74, 6) is -2.01. The van der Waals surface area contributed by atoms with Gasteiger partial charge in [0, 0.05) is 21.7 Å². The maximum Gasteiger partial charge on any atom is 0.294 e. The quantitative estimate of drug-likeness (QED) is 0.384. The van der Waals surface area contributed by atoms with Crippen molar-refractivity contribution in [2.45, 2.75) is 6.04 Å². The number of aliphatic hydroxyl groups is 1. The van der Waals surface area contributed by atoms with Crippen molar-refractivity contribution in [3.63, 3.8) is 0 Å². The number of pyridine rings is 1. The standard InChI is InChI=1S/C25H14BrN3O4/c26-16-6-9-19-15(11-16)12-20(33-19)23(30)21-22(18-3-1-2-10-28-18)29(25(32)24(21)31)17-7-4-14(13-27)5-8-17/h1-12,22,31H. The third-order valence-electron chi connectivity index (χ3n) is 5.40. The maximum atomic E-state index is 13.5. The SMILES string of the molecule is N#Cc1ccc(N2C(=O)C(O)=C(C(=O)c3cc4cc(Br)ccc4o3)C2c2ccccn2)cc1. The molecule has 0 aliphatic carbocycles. The molecule has 2 aromatic heterocycles. The van der Waals surface area contributed by atoms with Crippen molar-refractivity contribution >= 4 is 44.3 Å². The van der Waals surface area contributed by atoms with Crippen molar-refractivity contribution in [1.82, 2.24) is 4.98 Å². The lowest BCUT2D eigenvalue weighted by Crippen LogP contribution is -2.31. The van der Waals surface area contributed by atoms with Gasteiger partial charge in [0.15, 0.2) is 11.5 Å². The average molecular weight is 500 g/mol. The van der Waals surface area contributed by atoms with Gasteiger partial charge in [0.1, 0.15) is 11.6 Å². The molecule has 0 radical (unpaired) electrons. The largest absolute Gasteiger partial charge is 0.503 e. The summed E-state index contributed by atoms with van der Waals surface area (Å²) in [5, 5.41) is 20.6. The molecule has 1 unspecified atom stereocenters. The first-order valence-corrected chi connectivity index (χ1v) is 10.7. The highest BCUT2D eigenvalue weighted by Crippen LogP contribution is 2.41. The Kier molecular flexibility index (Phi) is 5.04. The fraction of sp³-hybridized carbons (Fsp3) is 0.0400. The van der Waals surface area contributed by atoms with Gasteiger partial charge < -0.3 is 9.52 Å². The molecule has 33 heavy (non-hydrogen) atoms. The number of furan rings is 1. The number of fused-ring (bicyclic) bond motifs is 1. The van der Waals surface area contributed by atoms with Gasteiger partial charge in [-0.15, -0.1) is 0 Å². The second kappa shape index (κ2) is 8.04. The normalized spacial score (nSPS) is 15.8. The van der Waals surface area contributed by atoms with E-state index in [-0.39, 0.29) is 11.3 Å². The Morgan fingerprint density at radius 2 is 1.91 bits per heavy atom. The first-order valence-electron chi connectivity index (χ1n) is 9.89. The van der Waals surface area contributed by atoms with E-state index in [1.807, 2.05) is 12.1 Å². The van der Waals surface area contributed by atoms with E-state index in [2.05, 4.69) is 20.9 Å². The van der Waals surface area contributed by atoms with Crippen LogP contribution in [0.3, 0.4) is 0 Å². The van der Waals surface area contributed by atoms with Crippen molar-refractivity contribution in [2.75, 3.05) is 4.90 Å². The van der Waals surface area contributed by atoms with E-state index in [1.165, 1.54) is 4.90 Å². The number of Topliss-reactive ketones (excluding diaryl/α,β-unsaturated/α-hetero) is 1. The van der Waals surface area contributed by atoms with E-state index < -0.39 is 23.5 Å². The zero-order valence-corrected chi connectivity index (χ0v) is 18.5.